The maximum absolute atomic E-state index is 13.8. The number of rotatable bonds is 6. The molecule has 0 aromatic carbocycles. The monoisotopic (exact) mass is 486 g/mol. The second kappa shape index (κ2) is 12.1. The summed E-state index contributed by atoms with van der Waals surface area (Å²) in [7, 11) is 0. The van der Waals surface area contributed by atoms with E-state index in [1.807, 2.05) is 0 Å². The summed E-state index contributed by atoms with van der Waals surface area (Å²) in [5.41, 5.74) is 0. The predicted molar refractivity (Wildman–Crippen MR) is 129 cm³/mol. The van der Waals surface area contributed by atoms with E-state index in [1.165, 1.54) is 77.0 Å². The molecule has 0 aromatic rings. The molecule has 2 atom stereocenters. The van der Waals surface area contributed by atoms with Crippen molar-refractivity contribution < 1.29 is 22.3 Å². The van der Waals surface area contributed by atoms with Crippen LogP contribution in [0.3, 0.4) is 0 Å². The lowest BCUT2D eigenvalue weighted by Crippen LogP contribution is -2.35. The minimum atomic E-state index is -4.54. The van der Waals surface area contributed by atoms with E-state index in [-0.39, 0.29) is 6.08 Å². The summed E-state index contributed by atoms with van der Waals surface area (Å²) in [6.07, 6.45) is 14.8. The number of hydrogen-bond donors (Lipinski definition) is 0. The number of allylic oxidation sites excluding steroid dienone is 2. The Morgan fingerprint density at radius 2 is 1.21 bits per heavy atom. The summed E-state index contributed by atoms with van der Waals surface area (Å²) in [5, 5.41) is 0. The average Bonchev–Trinajstić information content (AvgIpc) is 2.83. The van der Waals surface area contributed by atoms with E-state index in [9.17, 15) is 17.6 Å². The molecule has 3 aliphatic carbocycles. The zero-order chi connectivity index (χ0) is 24.1. The Morgan fingerprint density at radius 1 is 0.706 bits per heavy atom. The summed E-state index contributed by atoms with van der Waals surface area (Å²) in [6.45, 7) is 3.26. The van der Waals surface area contributed by atoms with E-state index >= 15 is 0 Å². The van der Waals surface area contributed by atoms with Crippen molar-refractivity contribution in [1.82, 2.24) is 0 Å². The first kappa shape index (κ1) is 26.5. The molecule has 0 spiro atoms. The zero-order valence-electron chi connectivity index (χ0n) is 21.1. The molecule has 1 unspecified atom stereocenters. The highest BCUT2D eigenvalue weighted by atomic mass is 19.4. The Kier molecular flexibility index (Phi) is 9.43. The number of hydrogen-bond acceptors (Lipinski definition) is 1. The number of alkyl halides is 3. The third-order valence-electron chi connectivity index (χ3n) is 9.96. The number of ether oxygens (including phenoxy) is 1. The van der Waals surface area contributed by atoms with Gasteiger partial charge in [0.05, 0.1) is 12.2 Å². The first-order valence-corrected chi connectivity index (χ1v) is 14.3. The molecular weight excluding hydrogens is 440 g/mol. The summed E-state index contributed by atoms with van der Waals surface area (Å²) in [4.78, 5) is 0. The smallest absolute Gasteiger partial charge is 0.378 e. The fourth-order valence-electron chi connectivity index (χ4n) is 7.68. The highest BCUT2D eigenvalue weighted by Crippen LogP contribution is 2.45. The van der Waals surface area contributed by atoms with Gasteiger partial charge in [0.25, 0.3) is 0 Å². The Balaban J connectivity index is 1.09. The minimum Gasteiger partial charge on any atom is -0.378 e. The largest absolute Gasteiger partial charge is 0.412 e. The first-order valence-electron chi connectivity index (χ1n) is 14.3. The molecule has 1 heterocycles. The lowest BCUT2D eigenvalue weighted by atomic mass is 9.67. The van der Waals surface area contributed by atoms with Crippen LogP contribution in [0.25, 0.3) is 0 Å². The van der Waals surface area contributed by atoms with Crippen LogP contribution in [0.5, 0.6) is 0 Å². The van der Waals surface area contributed by atoms with Gasteiger partial charge in [0, 0.05) is 12.5 Å². The van der Waals surface area contributed by atoms with E-state index < -0.39 is 17.9 Å². The molecule has 196 valence electrons. The molecule has 0 N–H and O–H groups in total. The van der Waals surface area contributed by atoms with Gasteiger partial charge in [-0.15, -0.1) is 0 Å². The molecule has 4 aliphatic rings. The Hall–Kier alpha value is -0.580. The third kappa shape index (κ3) is 7.71. The molecule has 0 radical (unpaired) electrons. The summed E-state index contributed by atoms with van der Waals surface area (Å²) in [6, 6.07) is 0. The van der Waals surface area contributed by atoms with Gasteiger partial charge in [0.1, 0.15) is 5.83 Å². The van der Waals surface area contributed by atoms with Crippen LogP contribution in [0, 0.1) is 41.4 Å². The fraction of sp³-hybridized carbons (Fsp3) is 0.931. The van der Waals surface area contributed by atoms with Gasteiger partial charge >= 0.3 is 6.18 Å². The van der Waals surface area contributed by atoms with Gasteiger partial charge in [-0.05, 0) is 113 Å². The topological polar surface area (TPSA) is 9.23 Å². The van der Waals surface area contributed by atoms with E-state index in [0.29, 0.717) is 24.9 Å². The van der Waals surface area contributed by atoms with Crippen LogP contribution in [0.4, 0.5) is 17.6 Å². The molecule has 3 saturated carbocycles. The second-order valence-corrected chi connectivity index (χ2v) is 12.4. The van der Waals surface area contributed by atoms with Gasteiger partial charge in [-0.25, -0.2) is 4.39 Å². The fourth-order valence-corrected chi connectivity index (χ4v) is 7.68. The minimum absolute atomic E-state index is 0.132. The van der Waals surface area contributed by atoms with Crippen LogP contribution in [0.2, 0.25) is 0 Å². The molecule has 0 bridgehead atoms. The molecule has 1 aliphatic heterocycles. The van der Waals surface area contributed by atoms with E-state index in [4.69, 9.17) is 4.74 Å². The van der Waals surface area contributed by atoms with E-state index in [1.54, 1.807) is 0 Å². The van der Waals surface area contributed by atoms with Crippen molar-refractivity contribution in [3.05, 3.63) is 11.9 Å². The summed E-state index contributed by atoms with van der Waals surface area (Å²) >= 11 is 0. The van der Waals surface area contributed by atoms with Gasteiger partial charge in [0.15, 0.2) is 0 Å². The Labute approximate surface area is 204 Å². The highest BCUT2D eigenvalue weighted by molar-refractivity contribution is 5.03. The lowest BCUT2D eigenvalue weighted by Gasteiger charge is -2.41. The normalized spacial score (nSPS) is 40.8. The van der Waals surface area contributed by atoms with Gasteiger partial charge in [0.2, 0.25) is 0 Å². The Morgan fingerprint density at radius 3 is 1.71 bits per heavy atom. The van der Waals surface area contributed by atoms with Gasteiger partial charge in [-0.3, -0.25) is 0 Å². The molecule has 34 heavy (non-hydrogen) atoms. The van der Waals surface area contributed by atoms with Crippen molar-refractivity contribution in [2.75, 3.05) is 6.61 Å². The second-order valence-electron chi connectivity index (χ2n) is 12.4. The lowest BCUT2D eigenvalue weighted by molar-refractivity contribution is -0.0821. The molecular formula is C29H46F4O. The van der Waals surface area contributed by atoms with Crippen LogP contribution in [0.15, 0.2) is 11.9 Å². The molecule has 1 saturated heterocycles. The highest BCUT2D eigenvalue weighted by Gasteiger charge is 2.35. The van der Waals surface area contributed by atoms with Crippen LogP contribution in [0.1, 0.15) is 110 Å². The molecule has 1 nitrogen and oxygen atoms in total. The third-order valence-corrected chi connectivity index (χ3v) is 9.96. The maximum atomic E-state index is 13.8. The van der Waals surface area contributed by atoms with Crippen molar-refractivity contribution in [2.45, 2.75) is 122 Å². The summed E-state index contributed by atoms with van der Waals surface area (Å²) in [5.74, 6) is 3.31. The van der Waals surface area contributed by atoms with Crippen molar-refractivity contribution in [2.24, 2.45) is 41.4 Å². The number of halogens is 4. The van der Waals surface area contributed by atoms with Gasteiger partial charge in [-0.2, -0.15) is 13.2 Å². The van der Waals surface area contributed by atoms with E-state index in [0.717, 1.165) is 49.0 Å². The molecule has 0 aromatic heterocycles. The van der Waals surface area contributed by atoms with Crippen molar-refractivity contribution >= 4 is 0 Å². The van der Waals surface area contributed by atoms with E-state index in [2.05, 4.69) is 6.92 Å². The SMILES string of the molecule is CC1CC[C@H](C2CCC(C3CCC(CCC4CCC(/C(F)=C/C(F)(F)F)CC4)CC3)CC2)OC1. The quantitative estimate of drug-likeness (QED) is 0.340. The molecule has 4 rings (SSSR count). The maximum Gasteiger partial charge on any atom is 0.412 e. The van der Waals surface area contributed by atoms with Crippen LogP contribution < -0.4 is 0 Å². The van der Waals surface area contributed by atoms with Gasteiger partial charge in [-0.1, -0.05) is 32.6 Å². The predicted octanol–water partition coefficient (Wildman–Crippen LogP) is 9.42. The first-order chi connectivity index (χ1) is 16.3. The molecule has 0 amide bonds. The Bertz CT molecular complexity index is 627. The van der Waals surface area contributed by atoms with Crippen molar-refractivity contribution in [3.63, 3.8) is 0 Å². The van der Waals surface area contributed by atoms with Crippen LogP contribution in [-0.4, -0.2) is 18.9 Å². The van der Waals surface area contributed by atoms with Crippen molar-refractivity contribution in [1.29, 1.82) is 0 Å². The molecule has 4 fully saturated rings. The average molecular weight is 487 g/mol. The van der Waals surface area contributed by atoms with Crippen LogP contribution >= 0.6 is 0 Å². The van der Waals surface area contributed by atoms with Gasteiger partial charge < -0.3 is 4.74 Å². The van der Waals surface area contributed by atoms with Crippen molar-refractivity contribution in [3.8, 4) is 0 Å². The summed E-state index contributed by atoms with van der Waals surface area (Å²) < 4.78 is 57.2. The standard InChI is InChI=1S/C29H46F4O/c1-20-2-17-28(34-19-20)26-15-13-24(14-16-26)23-9-5-21(6-10-23)3-4-22-7-11-25(12-8-22)27(30)18-29(31,32)33/h18,20-26,28H,2-17,19H2,1H3/b27-18-/t20?,21?,22?,23?,24?,25?,26?,28-/m1/s1. The molecule has 5 heteroatoms. The van der Waals surface area contributed by atoms with Crippen LogP contribution in [-0.2, 0) is 4.74 Å². The zero-order valence-corrected chi connectivity index (χ0v) is 21.1.